The molecule has 0 saturated heterocycles. The summed E-state index contributed by atoms with van der Waals surface area (Å²) in [4.78, 5) is 13.3. The third-order valence-corrected chi connectivity index (χ3v) is 5.11. The molecule has 2 heterocycles. The van der Waals surface area contributed by atoms with Crippen molar-refractivity contribution in [2.24, 2.45) is 5.92 Å². The van der Waals surface area contributed by atoms with Crippen LogP contribution in [-0.4, -0.2) is 5.91 Å². The van der Waals surface area contributed by atoms with Gasteiger partial charge in [0.25, 0.3) is 0 Å². The maximum atomic E-state index is 12.1. The van der Waals surface area contributed by atoms with E-state index in [1.54, 1.807) is 22.7 Å². The van der Waals surface area contributed by atoms with Gasteiger partial charge in [-0.25, -0.2) is 0 Å². The van der Waals surface area contributed by atoms with Crippen molar-refractivity contribution >= 4 is 28.6 Å². The molecule has 1 amide bonds. The summed E-state index contributed by atoms with van der Waals surface area (Å²) >= 11 is 3.37. The van der Waals surface area contributed by atoms with Gasteiger partial charge in [0.1, 0.15) is 0 Å². The van der Waals surface area contributed by atoms with Crippen LogP contribution >= 0.6 is 22.7 Å². The fraction of sp³-hybridized carbons (Fsp3) is 0.357. The van der Waals surface area contributed by atoms with Crippen LogP contribution in [0.15, 0.2) is 34.3 Å². The Hall–Kier alpha value is -1.13. The normalized spacial score (nSPS) is 17.1. The van der Waals surface area contributed by atoms with Gasteiger partial charge in [0, 0.05) is 10.8 Å². The molecule has 0 spiro atoms. The monoisotopic (exact) mass is 277 g/mol. The van der Waals surface area contributed by atoms with E-state index in [-0.39, 0.29) is 17.9 Å². The molecule has 2 aromatic heterocycles. The lowest BCUT2D eigenvalue weighted by molar-refractivity contribution is -0.127. The summed E-state index contributed by atoms with van der Waals surface area (Å²) in [5.74, 6) is 0.456. The molecule has 0 radical (unpaired) electrons. The summed E-state index contributed by atoms with van der Waals surface area (Å²) in [6.45, 7) is 0. The molecule has 1 N–H and O–H groups in total. The average molecular weight is 277 g/mol. The van der Waals surface area contributed by atoms with E-state index >= 15 is 0 Å². The van der Waals surface area contributed by atoms with Crippen LogP contribution in [0.3, 0.4) is 0 Å². The highest BCUT2D eigenvalue weighted by molar-refractivity contribution is 7.10. The third kappa shape index (κ3) is 2.35. The Bertz CT molecular complexity index is 466. The van der Waals surface area contributed by atoms with E-state index in [0.717, 1.165) is 12.8 Å². The van der Waals surface area contributed by atoms with Gasteiger partial charge >= 0.3 is 0 Å². The van der Waals surface area contributed by atoms with Crippen molar-refractivity contribution in [1.29, 1.82) is 0 Å². The van der Waals surface area contributed by atoms with Gasteiger partial charge in [-0.3, -0.25) is 4.79 Å². The molecule has 1 aliphatic carbocycles. The molecule has 0 unspecified atom stereocenters. The predicted molar refractivity (Wildman–Crippen MR) is 76.0 cm³/mol. The van der Waals surface area contributed by atoms with Crippen LogP contribution in [0.4, 0.5) is 0 Å². The van der Waals surface area contributed by atoms with E-state index in [4.69, 9.17) is 0 Å². The molecule has 18 heavy (non-hydrogen) atoms. The van der Waals surface area contributed by atoms with Crippen molar-refractivity contribution in [2.75, 3.05) is 0 Å². The highest BCUT2D eigenvalue weighted by atomic mass is 32.1. The lowest BCUT2D eigenvalue weighted by atomic mass is 9.84. The highest BCUT2D eigenvalue weighted by Crippen LogP contribution is 2.31. The zero-order chi connectivity index (χ0) is 12.4. The Morgan fingerprint density at radius 2 is 2.22 bits per heavy atom. The van der Waals surface area contributed by atoms with Gasteiger partial charge < -0.3 is 5.32 Å². The molecule has 0 aliphatic heterocycles. The van der Waals surface area contributed by atoms with Gasteiger partial charge in [-0.2, -0.15) is 11.3 Å². The Morgan fingerprint density at radius 3 is 2.78 bits per heavy atom. The average Bonchev–Trinajstić information content (AvgIpc) is 2.97. The Morgan fingerprint density at radius 1 is 1.33 bits per heavy atom. The molecule has 2 aromatic rings. The summed E-state index contributed by atoms with van der Waals surface area (Å²) in [5, 5.41) is 9.44. The molecule has 4 heteroatoms. The first-order chi connectivity index (χ1) is 8.84. The molecule has 1 saturated carbocycles. The van der Waals surface area contributed by atoms with Gasteiger partial charge in [-0.1, -0.05) is 12.5 Å². The number of hydrogen-bond acceptors (Lipinski definition) is 3. The SMILES string of the molecule is O=C(N[C@@H](c1ccsc1)c1cccs1)C1CCC1. The topological polar surface area (TPSA) is 29.1 Å². The number of rotatable bonds is 4. The van der Waals surface area contributed by atoms with Crippen molar-refractivity contribution in [3.05, 3.63) is 44.8 Å². The number of nitrogens with one attached hydrogen (secondary N) is 1. The highest BCUT2D eigenvalue weighted by Gasteiger charge is 2.28. The first-order valence-electron chi connectivity index (χ1n) is 6.20. The van der Waals surface area contributed by atoms with E-state index < -0.39 is 0 Å². The number of hydrogen-bond donors (Lipinski definition) is 1. The van der Waals surface area contributed by atoms with Gasteiger partial charge in [0.2, 0.25) is 5.91 Å². The second-order valence-electron chi connectivity index (χ2n) is 4.64. The zero-order valence-electron chi connectivity index (χ0n) is 9.96. The lowest BCUT2D eigenvalue weighted by Gasteiger charge is -2.27. The summed E-state index contributed by atoms with van der Waals surface area (Å²) in [7, 11) is 0. The van der Waals surface area contributed by atoms with Crippen molar-refractivity contribution in [2.45, 2.75) is 25.3 Å². The summed E-state index contributed by atoms with van der Waals surface area (Å²) in [5.41, 5.74) is 1.19. The lowest BCUT2D eigenvalue weighted by Crippen LogP contribution is -2.37. The standard InChI is InChI=1S/C14H15NOS2/c16-14(10-3-1-4-10)15-13(11-6-8-17-9-11)12-5-2-7-18-12/h2,5-10,13H,1,3-4H2,(H,15,16)/t13-/m0/s1. The van der Waals surface area contributed by atoms with E-state index in [9.17, 15) is 4.79 Å². The van der Waals surface area contributed by atoms with Crippen LogP contribution in [0.1, 0.15) is 35.7 Å². The van der Waals surface area contributed by atoms with E-state index in [1.807, 2.05) is 6.07 Å². The van der Waals surface area contributed by atoms with Gasteiger partial charge in [-0.15, -0.1) is 11.3 Å². The number of carbonyl (C=O) groups excluding carboxylic acids is 1. The van der Waals surface area contributed by atoms with E-state index in [0.29, 0.717) is 0 Å². The Labute approximate surface area is 115 Å². The molecule has 94 valence electrons. The van der Waals surface area contributed by atoms with E-state index in [2.05, 4.69) is 33.6 Å². The first-order valence-corrected chi connectivity index (χ1v) is 8.03. The van der Waals surface area contributed by atoms with Crippen molar-refractivity contribution in [1.82, 2.24) is 5.32 Å². The third-order valence-electron chi connectivity index (χ3n) is 3.47. The molecule has 1 aliphatic rings. The van der Waals surface area contributed by atoms with E-state index in [1.165, 1.54) is 16.9 Å². The molecule has 2 nitrogen and oxygen atoms in total. The number of thiophene rings is 2. The quantitative estimate of drug-likeness (QED) is 0.904. The fourth-order valence-corrected chi connectivity index (χ4v) is 3.63. The molecule has 3 rings (SSSR count). The maximum absolute atomic E-state index is 12.1. The minimum absolute atomic E-state index is 0.0318. The first kappa shape index (κ1) is 11.9. The van der Waals surface area contributed by atoms with Gasteiger partial charge in [-0.05, 0) is 46.7 Å². The van der Waals surface area contributed by atoms with Gasteiger partial charge in [0.15, 0.2) is 0 Å². The maximum Gasteiger partial charge on any atom is 0.223 e. The second kappa shape index (κ2) is 5.24. The summed E-state index contributed by atoms with van der Waals surface area (Å²) in [6.07, 6.45) is 3.29. The van der Waals surface area contributed by atoms with Crippen LogP contribution < -0.4 is 5.32 Å². The molecule has 1 fully saturated rings. The van der Waals surface area contributed by atoms with Crippen LogP contribution in [0.2, 0.25) is 0 Å². The van der Waals surface area contributed by atoms with Crippen molar-refractivity contribution < 1.29 is 4.79 Å². The van der Waals surface area contributed by atoms with Gasteiger partial charge in [0.05, 0.1) is 6.04 Å². The van der Waals surface area contributed by atoms with Crippen LogP contribution in [-0.2, 0) is 4.79 Å². The molecule has 1 atom stereocenters. The zero-order valence-corrected chi connectivity index (χ0v) is 11.6. The second-order valence-corrected chi connectivity index (χ2v) is 6.40. The minimum Gasteiger partial charge on any atom is -0.344 e. The summed E-state index contributed by atoms with van der Waals surface area (Å²) < 4.78 is 0. The molecular weight excluding hydrogens is 262 g/mol. The van der Waals surface area contributed by atoms with Crippen LogP contribution in [0, 0.1) is 5.92 Å². The molecular formula is C14H15NOS2. The fourth-order valence-electron chi connectivity index (χ4n) is 2.14. The largest absolute Gasteiger partial charge is 0.344 e. The van der Waals surface area contributed by atoms with Crippen molar-refractivity contribution in [3.8, 4) is 0 Å². The predicted octanol–water partition coefficient (Wildman–Crippen LogP) is 3.82. The Kier molecular flexibility index (Phi) is 3.48. The minimum atomic E-state index is 0.0318. The van der Waals surface area contributed by atoms with Crippen LogP contribution in [0.5, 0.6) is 0 Å². The van der Waals surface area contributed by atoms with Crippen LogP contribution in [0.25, 0.3) is 0 Å². The summed E-state index contributed by atoms with van der Waals surface area (Å²) in [6, 6.07) is 6.25. The number of carbonyl (C=O) groups is 1. The smallest absolute Gasteiger partial charge is 0.223 e. The Balaban J connectivity index is 1.79. The molecule has 0 bridgehead atoms. The van der Waals surface area contributed by atoms with Crippen molar-refractivity contribution in [3.63, 3.8) is 0 Å². The number of amides is 1. The molecule has 0 aromatic carbocycles.